The number of halogens is 1. The first-order valence-corrected chi connectivity index (χ1v) is 12.4. The maximum Gasteiger partial charge on any atom is 0.273 e. The zero-order valence-electron chi connectivity index (χ0n) is 17.9. The summed E-state index contributed by atoms with van der Waals surface area (Å²) in [6, 6.07) is 17.2. The molecule has 7 nitrogen and oxygen atoms in total. The lowest BCUT2D eigenvalue weighted by Crippen LogP contribution is -2.29. The van der Waals surface area contributed by atoms with E-state index in [0.717, 1.165) is 33.0 Å². The Labute approximate surface area is 196 Å². The van der Waals surface area contributed by atoms with Gasteiger partial charge in [-0.05, 0) is 48.7 Å². The van der Waals surface area contributed by atoms with Gasteiger partial charge < -0.3 is 4.74 Å². The fourth-order valence-electron chi connectivity index (χ4n) is 3.19. The standard InChI is InChI=1S/C23H23BrN2O5S/c1-16-4-5-17(2)19(12-16)15-31-23-13-21(26(27)28)10-11-22(23)25(32(3,29)30)14-18-6-8-20(24)9-7-18/h4-13H,14-15H2,1-3H3. The largest absolute Gasteiger partial charge is 0.486 e. The Hall–Kier alpha value is -2.91. The lowest BCUT2D eigenvalue weighted by Gasteiger charge is -2.25. The van der Waals surface area contributed by atoms with Crippen LogP contribution in [0.5, 0.6) is 5.75 Å². The Bertz CT molecular complexity index is 1240. The van der Waals surface area contributed by atoms with E-state index in [0.29, 0.717) is 0 Å². The van der Waals surface area contributed by atoms with Crippen molar-refractivity contribution in [3.63, 3.8) is 0 Å². The van der Waals surface area contributed by atoms with Crippen LogP contribution in [0.2, 0.25) is 0 Å². The average molecular weight is 519 g/mol. The van der Waals surface area contributed by atoms with Gasteiger partial charge in [-0.1, -0.05) is 51.8 Å². The van der Waals surface area contributed by atoms with Crippen molar-refractivity contribution in [1.82, 2.24) is 0 Å². The number of nitrogens with zero attached hydrogens (tertiary/aromatic N) is 2. The van der Waals surface area contributed by atoms with E-state index < -0.39 is 14.9 Å². The van der Waals surface area contributed by atoms with Gasteiger partial charge in [0.2, 0.25) is 10.0 Å². The van der Waals surface area contributed by atoms with E-state index in [1.807, 2.05) is 56.3 Å². The second-order valence-corrected chi connectivity index (χ2v) is 10.3. The number of hydrogen-bond donors (Lipinski definition) is 0. The first kappa shape index (κ1) is 23.7. The predicted octanol–water partition coefficient (Wildman–Crippen LogP) is 5.52. The van der Waals surface area contributed by atoms with E-state index in [9.17, 15) is 18.5 Å². The van der Waals surface area contributed by atoms with Crippen LogP contribution < -0.4 is 9.04 Å². The molecule has 0 saturated carbocycles. The Morgan fingerprint density at radius 3 is 2.34 bits per heavy atom. The van der Waals surface area contributed by atoms with Crippen LogP contribution in [0.15, 0.2) is 65.1 Å². The van der Waals surface area contributed by atoms with E-state index in [2.05, 4.69) is 15.9 Å². The summed E-state index contributed by atoms with van der Waals surface area (Å²) in [5.41, 5.74) is 3.81. The lowest BCUT2D eigenvalue weighted by atomic mass is 10.1. The summed E-state index contributed by atoms with van der Waals surface area (Å²) in [4.78, 5) is 10.8. The highest BCUT2D eigenvalue weighted by Crippen LogP contribution is 2.35. The van der Waals surface area contributed by atoms with Gasteiger partial charge in [-0.15, -0.1) is 0 Å². The van der Waals surface area contributed by atoms with Crippen molar-refractivity contribution < 1.29 is 18.1 Å². The van der Waals surface area contributed by atoms with Crippen molar-refractivity contribution in [2.45, 2.75) is 27.0 Å². The minimum Gasteiger partial charge on any atom is -0.486 e. The quantitative estimate of drug-likeness (QED) is 0.289. The number of rotatable bonds is 8. The molecule has 3 aromatic rings. The van der Waals surface area contributed by atoms with Crippen molar-refractivity contribution >= 4 is 37.3 Å². The summed E-state index contributed by atoms with van der Waals surface area (Å²) >= 11 is 3.37. The molecule has 0 N–H and O–H groups in total. The van der Waals surface area contributed by atoms with Gasteiger partial charge in [0, 0.05) is 10.5 Å². The number of sulfonamides is 1. The normalized spacial score (nSPS) is 11.2. The number of nitro benzene ring substituents is 1. The molecule has 0 aliphatic heterocycles. The minimum absolute atomic E-state index is 0.0593. The van der Waals surface area contributed by atoms with E-state index in [-0.39, 0.29) is 30.3 Å². The summed E-state index contributed by atoms with van der Waals surface area (Å²) in [6.45, 7) is 4.12. The summed E-state index contributed by atoms with van der Waals surface area (Å²) in [6.07, 6.45) is 1.10. The number of hydrogen-bond acceptors (Lipinski definition) is 5. The van der Waals surface area contributed by atoms with Crippen LogP contribution >= 0.6 is 15.9 Å². The number of benzene rings is 3. The molecule has 9 heteroatoms. The van der Waals surface area contributed by atoms with Gasteiger partial charge in [-0.3, -0.25) is 14.4 Å². The second kappa shape index (κ2) is 9.70. The molecule has 3 rings (SSSR count). The Balaban J connectivity index is 2.02. The summed E-state index contributed by atoms with van der Waals surface area (Å²) in [5, 5.41) is 11.3. The molecule has 0 amide bonds. The Morgan fingerprint density at radius 2 is 1.72 bits per heavy atom. The average Bonchev–Trinajstić information content (AvgIpc) is 2.73. The Morgan fingerprint density at radius 1 is 1.03 bits per heavy atom. The number of non-ortho nitro benzene ring substituents is 1. The molecular weight excluding hydrogens is 496 g/mol. The molecule has 0 fully saturated rings. The van der Waals surface area contributed by atoms with Crippen LogP contribution in [0, 0.1) is 24.0 Å². The maximum absolute atomic E-state index is 12.7. The van der Waals surface area contributed by atoms with Gasteiger partial charge >= 0.3 is 0 Å². The highest BCUT2D eigenvalue weighted by atomic mass is 79.9. The first-order valence-electron chi connectivity index (χ1n) is 9.74. The molecule has 0 aliphatic rings. The molecule has 0 aliphatic carbocycles. The van der Waals surface area contributed by atoms with E-state index in [1.54, 1.807) is 0 Å². The van der Waals surface area contributed by atoms with E-state index in [4.69, 9.17) is 4.74 Å². The smallest absolute Gasteiger partial charge is 0.273 e. The topological polar surface area (TPSA) is 89.8 Å². The SMILES string of the molecule is Cc1ccc(C)c(COc2cc([N+](=O)[O-])ccc2N(Cc2ccc(Br)cc2)S(C)(=O)=O)c1. The van der Waals surface area contributed by atoms with Crippen LogP contribution in [-0.4, -0.2) is 19.6 Å². The second-order valence-electron chi connectivity index (χ2n) is 7.52. The number of aryl methyl sites for hydroxylation is 2. The van der Waals surface area contributed by atoms with E-state index >= 15 is 0 Å². The van der Waals surface area contributed by atoms with Crippen LogP contribution in [0.1, 0.15) is 22.3 Å². The highest BCUT2D eigenvalue weighted by Gasteiger charge is 2.24. The third-order valence-electron chi connectivity index (χ3n) is 4.95. The third kappa shape index (κ3) is 5.86. The zero-order valence-corrected chi connectivity index (χ0v) is 20.3. The van der Waals surface area contributed by atoms with Crippen LogP contribution in [0.3, 0.4) is 0 Å². The van der Waals surface area contributed by atoms with Gasteiger partial charge in [0.1, 0.15) is 6.61 Å². The monoisotopic (exact) mass is 518 g/mol. The van der Waals surface area contributed by atoms with Gasteiger partial charge in [0.25, 0.3) is 5.69 Å². The molecular formula is C23H23BrN2O5S. The third-order valence-corrected chi connectivity index (χ3v) is 6.61. The van der Waals surface area contributed by atoms with Gasteiger partial charge in [-0.2, -0.15) is 0 Å². The molecule has 0 radical (unpaired) electrons. The molecule has 0 unspecified atom stereocenters. The summed E-state index contributed by atoms with van der Waals surface area (Å²) in [5.74, 6) is 0.127. The number of ether oxygens (including phenoxy) is 1. The summed E-state index contributed by atoms with van der Waals surface area (Å²) in [7, 11) is -3.71. The molecule has 0 saturated heterocycles. The van der Waals surface area contributed by atoms with Crippen molar-refractivity contribution in [3.8, 4) is 5.75 Å². The molecule has 0 aromatic heterocycles. The number of anilines is 1. The minimum atomic E-state index is -3.71. The van der Waals surface area contributed by atoms with Crippen LogP contribution in [0.4, 0.5) is 11.4 Å². The van der Waals surface area contributed by atoms with Gasteiger partial charge in [0.15, 0.2) is 5.75 Å². The first-order chi connectivity index (χ1) is 15.0. The van der Waals surface area contributed by atoms with Crippen LogP contribution in [-0.2, 0) is 23.2 Å². The zero-order chi connectivity index (χ0) is 23.5. The molecule has 0 spiro atoms. The number of nitro groups is 1. The van der Waals surface area contributed by atoms with Crippen molar-refractivity contribution in [1.29, 1.82) is 0 Å². The molecule has 0 heterocycles. The van der Waals surface area contributed by atoms with E-state index in [1.165, 1.54) is 22.5 Å². The van der Waals surface area contributed by atoms with Gasteiger partial charge in [-0.25, -0.2) is 8.42 Å². The lowest BCUT2D eigenvalue weighted by molar-refractivity contribution is -0.384. The molecule has 3 aromatic carbocycles. The fourth-order valence-corrected chi connectivity index (χ4v) is 4.34. The summed E-state index contributed by atoms with van der Waals surface area (Å²) < 4.78 is 33.4. The molecule has 32 heavy (non-hydrogen) atoms. The van der Waals surface area contributed by atoms with Crippen molar-refractivity contribution in [2.24, 2.45) is 0 Å². The van der Waals surface area contributed by atoms with Crippen LogP contribution in [0.25, 0.3) is 0 Å². The Kier molecular flexibility index (Phi) is 7.20. The molecule has 0 atom stereocenters. The van der Waals surface area contributed by atoms with Gasteiger partial charge in [0.05, 0.1) is 29.5 Å². The predicted molar refractivity (Wildman–Crippen MR) is 129 cm³/mol. The highest BCUT2D eigenvalue weighted by molar-refractivity contribution is 9.10. The molecule has 0 bridgehead atoms. The molecule has 168 valence electrons. The maximum atomic E-state index is 12.7. The van der Waals surface area contributed by atoms with Crippen molar-refractivity contribution in [3.05, 3.63) is 97.5 Å². The van der Waals surface area contributed by atoms with Crippen molar-refractivity contribution in [2.75, 3.05) is 10.6 Å². The fraction of sp³-hybridized carbons (Fsp3) is 0.217.